The van der Waals surface area contributed by atoms with Crippen LogP contribution in [0.15, 0.2) is 0 Å². The molecule has 21 N–H and O–H groups in total. The number of hydrogen-bond acceptors (Lipinski definition) is 34. The first-order valence-corrected chi connectivity index (χ1v) is 26.1. The molecule has 1 unspecified atom stereocenters. The summed E-state index contributed by atoms with van der Waals surface area (Å²) in [5.41, 5.74) is 0. The lowest BCUT2D eigenvalue weighted by molar-refractivity contribution is -0.408. The van der Waals surface area contributed by atoms with Crippen LogP contribution in [0.25, 0.3) is 0 Å². The van der Waals surface area contributed by atoms with Crippen LogP contribution in [-0.2, 0) is 71.2 Å². The molecule has 0 bridgehead atoms. The highest BCUT2D eigenvalue weighted by molar-refractivity contribution is 5.73. The molecule has 0 aromatic rings. The van der Waals surface area contributed by atoms with E-state index >= 15 is 0 Å². The number of rotatable bonds is 23. The Morgan fingerprint density at radius 1 is 0.439 bits per heavy atom. The molecular formula is C46H78N2O34. The van der Waals surface area contributed by atoms with Gasteiger partial charge in [0.05, 0.1) is 45.2 Å². The van der Waals surface area contributed by atoms with Crippen LogP contribution in [0.1, 0.15) is 27.7 Å². The molecule has 2 amide bonds. The molecule has 36 nitrogen and oxygen atoms in total. The van der Waals surface area contributed by atoms with Gasteiger partial charge in [-0.15, -0.1) is 0 Å². The van der Waals surface area contributed by atoms with Gasteiger partial charge in [-0.05, 0) is 13.8 Å². The minimum atomic E-state index is -2.37. The average molecular weight is 1200 g/mol. The van der Waals surface area contributed by atoms with Gasteiger partial charge >= 0.3 is 0 Å². The molecule has 6 fully saturated rings. The molecule has 36 heteroatoms. The number of hydrogen-bond donors (Lipinski definition) is 21. The van der Waals surface area contributed by atoms with Gasteiger partial charge in [-0.3, -0.25) is 9.59 Å². The number of aliphatic hydroxyl groups excluding tert-OH is 19. The predicted molar refractivity (Wildman–Crippen MR) is 253 cm³/mol. The molecule has 6 aliphatic heterocycles. The second-order valence-corrected chi connectivity index (χ2v) is 20.6. The maximum Gasteiger partial charge on any atom is 0.217 e. The van der Waals surface area contributed by atoms with Crippen LogP contribution in [0, 0.1) is 0 Å². The van der Waals surface area contributed by atoms with Crippen LogP contribution in [0.2, 0.25) is 0 Å². The number of nitrogens with one attached hydrogen (secondary N) is 2. The molecule has 6 rings (SSSR count). The molecule has 0 aromatic heterocycles. The fraction of sp³-hybridized carbons (Fsp3) is 0.935. The molecule has 0 saturated carbocycles. The summed E-state index contributed by atoms with van der Waals surface area (Å²) in [4.78, 5) is 37.3. The van der Waals surface area contributed by atoms with Gasteiger partial charge in [0, 0.05) is 13.8 Å². The molecular weight excluding hydrogens is 1120 g/mol. The lowest BCUT2D eigenvalue weighted by Gasteiger charge is -2.53. The van der Waals surface area contributed by atoms with Crippen molar-refractivity contribution >= 4 is 18.1 Å². The third-order valence-corrected chi connectivity index (χ3v) is 14.8. The van der Waals surface area contributed by atoms with Gasteiger partial charge in [0.15, 0.2) is 44.0 Å². The van der Waals surface area contributed by atoms with Crippen molar-refractivity contribution in [3.63, 3.8) is 0 Å². The number of aliphatic hydroxyl groups is 19. The van der Waals surface area contributed by atoms with Gasteiger partial charge < -0.3 is 169 Å². The summed E-state index contributed by atoms with van der Waals surface area (Å²) >= 11 is 0. The maximum atomic E-state index is 13.4. The standard InChI is InChI=1S/C46H78N2O34/c1-11-23(59)30(66)32(68)43(71-11)78-36-20(10-54)76-42(80-38-27(63)18(8-52)74-45(34(38)70)77-35(16(58)6-50)25(61)15(57)5-49)22(48-14(4)56)37(36)79-46-40(82-44-33(69)31(67)24(60)12(2)72-44)39(28(64)19(9-53)75-46)81-41-21(47-13(3)55)29(65)26(62)17(7-51)73-41/h5,11-12,15-46,50-54,57-70H,6-10H2,1-4H3,(H,47,55)(H,48,56)/t11-,12-,15-,16+,17+,18+,19+,20+,21+,22+,23+,24+,25+,26-,27-,28-,29+,30+,31+,32-,33-,34+,35+,36+,37+,38-,39-,40+,41+,42-,43-,44?,45-,46-/m0/s1. The zero-order chi connectivity index (χ0) is 60.9. The van der Waals surface area contributed by atoms with Crippen molar-refractivity contribution in [2.75, 3.05) is 33.0 Å². The lowest BCUT2D eigenvalue weighted by Crippen LogP contribution is -2.72. The van der Waals surface area contributed by atoms with E-state index in [0.29, 0.717) is 0 Å². The van der Waals surface area contributed by atoms with E-state index < -0.39 is 253 Å². The minimum Gasteiger partial charge on any atom is -0.394 e. The van der Waals surface area contributed by atoms with E-state index in [1.807, 2.05) is 0 Å². The lowest BCUT2D eigenvalue weighted by atomic mass is 9.93. The van der Waals surface area contributed by atoms with Gasteiger partial charge in [-0.2, -0.15) is 0 Å². The van der Waals surface area contributed by atoms with Gasteiger partial charge in [0.25, 0.3) is 0 Å². The number of aldehydes is 1. The first kappa shape index (κ1) is 68.5. The minimum absolute atomic E-state index is 0.160. The average Bonchev–Trinajstić information content (AvgIpc) is 2.38. The smallest absolute Gasteiger partial charge is 0.217 e. The molecule has 0 aliphatic carbocycles. The molecule has 0 radical (unpaired) electrons. The molecule has 82 heavy (non-hydrogen) atoms. The Morgan fingerprint density at radius 2 is 0.854 bits per heavy atom. The molecule has 6 heterocycles. The topological polar surface area (TPSA) is 570 Å². The second kappa shape index (κ2) is 29.8. The highest BCUT2D eigenvalue weighted by Crippen LogP contribution is 2.39. The van der Waals surface area contributed by atoms with Gasteiger partial charge in [-0.25, -0.2) is 0 Å². The summed E-state index contributed by atoms with van der Waals surface area (Å²) in [6.07, 6.45) is -65.1. The summed E-state index contributed by atoms with van der Waals surface area (Å²) in [6, 6.07) is -3.79. The predicted octanol–water partition coefficient (Wildman–Crippen LogP) is -14.1. The first-order valence-electron chi connectivity index (χ1n) is 26.1. The van der Waals surface area contributed by atoms with Crippen molar-refractivity contribution in [3.05, 3.63) is 0 Å². The first-order chi connectivity index (χ1) is 38.7. The van der Waals surface area contributed by atoms with Crippen LogP contribution < -0.4 is 10.6 Å². The largest absolute Gasteiger partial charge is 0.394 e. The second-order valence-electron chi connectivity index (χ2n) is 20.6. The third kappa shape index (κ3) is 15.0. The summed E-state index contributed by atoms with van der Waals surface area (Å²) < 4.78 is 71.8. The normalized spacial score (nSPS) is 47.2. The van der Waals surface area contributed by atoms with Crippen molar-refractivity contribution in [1.29, 1.82) is 0 Å². The monoisotopic (exact) mass is 1200 g/mol. The van der Waals surface area contributed by atoms with E-state index in [1.165, 1.54) is 13.8 Å². The molecule has 34 atom stereocenters. The van der Waals surface area contributed by atoms with Gasteiger partial charge in [0.1, 0.15) is 159 Å². The van der Waals surface area contributed by atoms with Crippen LogP contribution in [0.5, 0.6) is 0 Å². The van der Waals surface area contributed by atoms with Crippen molar-refractivity contribution in [2.24, 2.45) is 0 Å². The van der Waals surface area contributed by atoms with Crippen molar-refractivity contribution in [2.45, 2.75) is 236 Å². The van der Waals surface area contributed by atoms with Crippen LogP contribution in [0.3, 0.4) is 0 Å². The summed E-state index contributed by atoms with van der Waals surface area (Å²) in [5, 5.41) is 211. The Hall–Kier alpha value is -2.63. The highest BCUT2D eigenvalue weighted by atomic mass is 16.8. The molecule has 0 aromatic carbocycles. The van der Waals surface area contributed by atoms with E-state index in [0.717, 1.165) is 13.8 Å². The van der Waals surface area contributed by atoms with E-state index in [4.69, 9.17) is 56.8 Å². The molecule has 0 spiro atoms. The molecule has 6 saturated heterocycles. The Labute approximate surface area is 465 Å². The van der Waals surface area contributed by atoms with E-state index in [-0.39, 0.29) is 6.29 Å². The Morgan fingerprint density at radius 3 is 1.35 bits per heavy atom. The van der Waals surface area contributed by atoms with E-state index in [1.54, 1.807) is 0 Å². The Bertz CT molecular complexity index is 2010. The number of ether oxygens (including phenoxy) is 12. The summed E-state index contributed by atoms with van der Waals surface area (Å²) in [7, 11) is 0. The zero-order valence-corrected chi connectivity index (χ0v) is 44.4. The fourth-order valence-corrected chi connectivity index (χ4v) is 10.2. The van der Waals surface area contributed by atoms with Crippen molar-refractivity contribution in [1.82, 2.24) is 10.6 Å². The number of carbonyl (C=O) groups excluding carboxylic acids is 3. The molecule has 6 aliphatic rings. The van der Waals surface area contributed by atoms with Crippen LogP contribution in [0.4, 0.5) is 0 Å². The van der Waals surface area contributed by atoms with Crippen LogP contribution >= 0.6 is 0 Å². The Balaban J connectivity index is 1.49. The van der Waals surface area contributed by atoms with Crippen molar-refractivity contribution < 1.29 is 168 Å². The Kier molecular flexibility index (Phi) is 24.9. The third-order valence-electron chi connectivity index (χ3n) is 14.8. The van der Waals surface area contributed by atoms with Crippen molar-refractivity contribution in [3.8, 4) is 0 Å². The zero-order valence-electron chi connectivity index (χ0n) is 44.4. The quantitative estimate of drug-likeness (QED) is 0.0423. The van der Waals surface area contributed by atoms with E-state index in [9.17, 15) is 111 Å². The number of carbonyl (C=O) groups is 3. The van der Waals surface area contributed by atoms with E-state index in [2.05, 4.69) is 10.6 Å². The van der Waals surface area contributed by atoms with Gasteiger partial charge in [0.2, 0.25) is 11.8 Å². The maximum absolute atomic E-state index is 13.4. The summed E-state index contributed by atoms with van der Waals surface area (Å²) in [6.45, 7) is -1.18. The van der Waals surface area contributed by atoms with Gasteiger partial charge in [-0.1, -0.05) is 0 Å². The van der Waals surface area contributed by atoms with Crippen LogP contribution in [-0.4, -0.2) is 357 Å². The summed E-state index contributed by atoms with van der Waals surface area (Å²) in [5.74, 6) is -1.84. The fourth-order valence-electron chi connectivity index (χ4n) is 10.2. The molecule has 476 valence electrons. The highest BCUT2D eigenvalue weighted by Gasteiger charge is 2.60. The number of amides is 2. The SMILES string of the molecule is CC(=O)N[C@H]1[C@@H](O[C@H]2[C@@H](O)[C@@H](CO)O[C@@H](O[C@@H]3[C@@H](NC(C)=O)[C@H](O[C@H]4[C@@H](O)[C@@H](CO)O[C@@H](O[C@@H]([C@H](O)[C@@H](O)C=O)[C@H](O)CO)[C@@H]4O)O[C@H](CO)[C@H]3O[C@@H]3O[C@@H](C)[C@@H](O)[C@@H](O)[C@@H]3O)[C@@H]2OC2O[C@@H](C)[C@@H](O)[C@@H](O)[C@@H]2O)O[C@H](CO)[C@H](O)[C@@H]1O.